The average molecular weight is 1340 g/mol. The van der Waals surface area contributed by atoms with Gasteiger partial charge in [-0.2, -0.15) is 0 Å². The lowest BCUT2D eigenvalue weighted by atomic mass is 9.93. The molecule has 21 nitrogen and oxygen atoms in total. The van der Waals surface area contributed by atoms with E-state index in [1.54, 1.807) is 88.6 Å². The molecule has 0 unspecified atom stereocenters. The Morgan fingerprint density at radius 3 is 1.66 bits per heavy atom. The molecule has 23 heteroatoms. The number of hydrogen-bond donors (Lipinski definition) is 4. The molecule has 4 saturated carbocycles. The van der Waals surface area contributed by atoms with Crippen molar-refractivity contribution in [3.63, 3.8) is 0 Å². The Kier molecular flexibility index (Phi) is 24.9. The van der Waals surface area contributed by atoms with Gasteiger partial charge in [0.25, 0.3) is 0 Å². The number of unbranched alkanes of at least 4 members (excludes halogenated alkanes) is 4. The van der Waals surface area contributed by atoms with Crippen LogP contribution < -0.4 is 30.3 Å². The zero-order valence-corrected chi connectivity index (χ0v) is 57.4. The number of aromatic amines is 1. The number of aliphatic hydroxyl groups excluding tert-OH is 1. The number of fused-ring (bicyclic) bond motifs is 2. The van der Waals surface area contributed by atoms with Crippen LogP contribution in [0, 0.1) is 49.4 Å². The van der Waals surface area contributed by atoms with Gasteiger partial charge in [-0.3, -0.25) is 24.0 Å². The molecule has 95 heavy (non-hydrogen) atoms. The predicted octanol–water partition coefficient (Wildman–Crippen LogP) is 10.7. The lowest BCUT2D eigenvalue weighted by Gasteiger charge is -2.26. The molecule has 0 spiro atoms. The summed E-state index contributed by atoms with van der Waals surface area (Å²) in [5.41, 5.74) is 2.48. The standard InChI is InChI=1S/C36H44N4O6S.C22H34N2O5.C14H12N2O2S/c1-7-10-11-12-16-40(5)34(42)27-19-24(18-26(27)32(41)39-36(21-23(36)8-2)35(43)45-9-3)46-30-20-28(33-37-15-17-47-33)38-31-22(4)29(44-6)14-13-25(30)31;1-5-8-9-10-11-24(4)20(27)18-13-16(25)12-17(18)19(26)23-22(14-15(22)6-2)21(28)29-7-3;1-8-12(18-2)4-3-9-11(17)7-10(16-13(8)9)14-15-5-6-19-14/h7-8,13-15,17,20,23-24,26-27H,1-2,9-12,16,18-19,21H2,3-6H3,(H,39,41);5-6,15-18,25H,1-2,7-14H2,3-4H3,(H,23,26);3-7H,1-2H3,(H,16,17)/t23-,24-,26-,27-,36-;15-,16+,17-,18-,22-;/m11./s1. The number of aromatic nitrogens is 4. The van der Waals surface area contributed by atoms with Crippen LogP contribution in [0.5, 0.6) is 17.2 Å². The minimum Gasteiger partial charge on any atom is -0.496 e. The zero-order valence-electron chi connectivity index (χ0n) is 55.7. The summed E-state index contributed by atoms with van der Waals surface area (Å²) >= 11 is 2.97. The third kappa shape index (κ3) is 16.6. The maximum Gasteiger partial charge on any atom is 0.332 e. The predicted molar refractivity (Wildman–Crippen MR) is 369 cm³/mol. The number of aliphatic hydroxyl groups is 1. The molecule has 10 atom stereocenters. The van der Waals surface area contributed by atoms with Gasteiger partial charge in [-0.15, -0.1) is 49.0 Å². The molecule has 0 radical (unpaired) electrons. The molecule has 0 saturated heterocycles. The number of amides is 4. The molecular formula is C72H90N8O13S2. The van der Waals surface area contributed by atoms with Gasteiger partial charge in [-0.05, 0) is 129 Å². The number of H-pyrrole nitrogens is 1. The van der Waals surface area contributed by atoms with E-state index in [1.807, 2.05) is 61.0 Å². The summed E-state index contributed by atoms with van der Waals surface area (Å²) in [4.78, 5) is 112. The summed E-state index contributed by atoms with van der Waals surface area (Å²) in [6, 6.07) is 10.9. The zero-order chi connectivity index (χ0) is 68.7. The third-order valence-corrected chi connectivity index (χ3v) is 20.0. The molecular weight excluding hydrogens is 1250 g/mol. The van der Waals surface area contributed by atoms with Crippen molar-refractivity contribution in [1.82, 2.24) is 40.4 Å². The number of benzene rings is 2. The molecule has 0 aliphatic heterocycles. The van der Waals surface area contributed by atoms with Crippen molar-refractivity contribution >= 4 is 80.0 Å². The molecule has 0 bridgehead atoms. The minimum absolute atomic E-state index is 0.00953. The fourth-order valence-electron chi connectivity index (χ4n) is 12.9. The fraction of sp³-hybridized carbons (Fsp3) is 0.472. The van der Waals surface area contributed by atoms with Gasteiger partial charge < -0.3 is 54.2 Å². The number of carbonyl (C=O) groups excluding carboxylic acids is 6. The summed E-state index contributed by atoms with van der Waals surface area (Å²) in [5, 5.41) is 22.7. The molecule has 4 aliphatic rings. The van der Waals surface area contributed by atoms with Gasteiger partial charge in [-0.1, -0.05) is 24.3 Å². The van der Waals surface area contributed by atoms with E-state index in [1.165, 1.54) is 22.7 Å². The quantitative estimate of drug-likeness (QED) is 0.0202. The number of nitrogens with zero attached hydrogens (tertiary/aromatic N) is 5. The van der Waals surface area contributed by atoms with Crippen LogP contribution in [0.3, 0.4) is 0 Å². The number of ether oxygens (including phenoxy) is 5. The summed E-state index contributed by atoms with van der Waals surface area (Å²) in [6.45, 7) is 23.9. The van der Waals surface area contributed by atoms with Gasteiger partial charge in [0.15, 0.2) is 5.43 Å². The van der Waals surface area contributed by atoms with Crippen LogP contribution in [0.2, 0.25) is 0 Å². The van der Waals surface area contributed by atoms with Crippen molar-refractivity contribution in [3.8, 4) is 38.7 Å². The second-order valence-electron chi connectivity index (χ2n) is 24.6. The largest absolute Gasteiger partial charge is 0.496 e. The van der Waals surface area contributed by atoms with Crippen molar-refractivity contribution in [3.05, 3.63) is 132 Å². The number of methoxy groups -OCH3 is 2. The first-order valence-corrected chi connectivity index (χ1v) is 34.2. The molecule has 4 aromatic heterocycles. The van der Waals surface area contributed by atoms with Crippen LogP contribution in [0.1, 0.15) is 102 Å². The second-order valence-corrected chi connectivity index (χ2v) is 26.4. The van der Waals surface area contributed by atoms with E-state index in [0.717, 1.165) is 87.5 Å². The number of carbonyl (C=O) groups is 6. The molecule has 508 valence electrons. The SMILES string of the molecule is C=CCCCCN(C)C(=O)[C@@H]1C[C@@H](O)C[C@H]1C(=O)N[C@]1(C(=O)OCC)C[C@H]1C=C.C=CCCCCN(C)C(=O)[C@@H]1C[C@H](Oc2cc(-c3nccs3)nc3c(C)c(OC)ccc23)C[C@H]1C(=O)N[C@]1(C(=O)OCC)C[C@H]1C=C.COc1ccc2c(=O)cc(-c3nccs3)[nH]c2c1C. The Morgan fingerprint density at radius 2 is 1.17 bits per heavy atom. The number of nitrogens with one attached hydrogen (secondary N) is 3. The molecule has 4 heterocycles. The van der Waals surface area contributed by atoms with Crippen LogP contribution in [-0.4, -0.2) is 148 Å². The van der Waals surface area contributed by atoms with Crippen LogP contribution in [-0.2, 0) is 38.2 Å². The maximum atomic E-state index is 14.0. The number of aryl methyl sites for hydroxylation is 2. The Bertz CT molecular complexity index is 3820. The normalized spacial score (nSPS) is 22.9. The number of pyridine rings is 2. The van der Waals surface area contributed by atoms with Crippen molar-refractivity contribution in [1.29, 1.82) is 0 Å². The lowest BCUT2D eigenvalue weighted by Crippen LogP contribution is -2.50. The molecule has 4 N–H and O–H groups in total. The van der Waals surface area contributed by atoms with Crippen molar-refractivity contribution < 1.29 is 57.6 Å². The van der Waals surface area contributed by atoms with E-state index in [9.17, 15) is 38.7 Å². The minimum atomic E-state index is -1.15. The van der Waals surface area contributed by atoms with Gasteiger partial charge >= 0.3 is 11.9 Å². The molecule has 4 fully saturated rings. The lowest BCUT2D eigenvalue weighted by molar-refractivity contribution is -0.150. The first-order valence-electron chi connectivity index (χ1n) is 32.5. The van der Waals surface area contributed by atoms with Crippen molar-refractivity contribution in [2.45, 2.75) is 128 Å². The van der Waals surface area contributed by atoms with Gasteiger partial charge in [0.05, 0.1) is 73.9 Å². The number of allylic oxidation sites excluding steroid dienone is 2. The topological polar surface area (TPSA) is 271 Å². The molecule has 4 aliphatic carbocycles. The molecule has 10 rings (SSSR count). The summed E-state index contributed by atoms with van der Waals surface area (Å²) in [7, 11) is 6.75. The van der Waals surface area contributed by atoms with E-state index in [4.69, 9.17) is 28.7 Å². The number of hydrogen-bond acceptors (Lipinski definition) is 18. The van der Waals surface area contributed by atoms with Crippen LogP contribution in [0.25, 0.3) is 43.2 Å². The smallest absolute Gasteiger partial charge is 0.332 e. The van der Waals surface area contributed by atoms with E-state index in [0.29, 0.717) is 61.4 Å². The summed E-state index contributed by atoms with van der Waals surface area (Å²) < 4.78 is 28.0. The van der Waals surface area contributed by atoms with Gasteiger partial charge in [0.2, 0.25) is 23.6 Å². The van der Waals surface area contributed by atoms with Crippen molar-refractivity contribution in [2.24, 2.45) is 35.5 Å². The molecule has 2 aromatic carbocycles. The second kappa shape index (κ2) is 32.7. The fourth-order valence-corrected chi connectivity index (χ4v) is 14.1. The third-order valence-electron chi connectivity index (χ3n) is 18.4. The average Bonchev–Trinajstić information content (AvgIpc) is 1.60. The Labute approximate surface area is 563 Å². The van der Waals surface area contributed by atoms with Crippen LogP contribution >= 0.6 is 22.7 Å². The van der Waals surface area contributed by atoms with Gasteiger partial charge in [0, 0.05) is 96.2 Å². The first-order chi connectivity index (χ1) is 45.7. The van der Waals surface area contributed by atoms with Gasteiger partial charge in [0.1, 0.15) is 50.1 Å². The highest BCUT2D eigenvalue weighted by Gasteiger charge is 2.63. The Morgan fingerprint density at radius 1 is 0.674 bits per heavy atom. The van der Waals surface area contributed by atoms with E-state index in [-0.39, 0.29) is 66.9 Å². The molecule has 6 aromatic rings. The van der Waals surface area contributed by atoms with E-state index < -0.39 is 58.9 Å². The number of thiazole rings is 2. The first kappa shape index (κ1) is 72.3. The number of rotatable bonds is 28. The maximum absolute atomic E-state index is 14.0. The van der Waals surface area contributed by atoms with Gasteiger partial charge in [-0.25, -0.2) is 24.5 Å². The summed E-state index contributed by atoms with van der Waals surface area (Å²) in [5.74, 6) is -2.85. The molecule has 4 amide bonds. The summed E-state index contributed by atoms with van der Waals surface area (Å²) in [6.07, 6.45) is 16.6. The Balaban J connectivity index is 0.000000203. The van der Waals surface area contributed by atoms with E-state index in [2.05, 4.69) is 51.9 Å². The van der Waals surface area contributed by atoms with Crippen molar-refractivity contribution in [2.75, 3.05) is 54.6 Å². The monoisotopic (exact) mass is 1340 g/mol. The highest BCUT2D eigenvalue weighted by molar-refractivity contribution is 7.13. The van der Waals surface area contributed by atoms with E-state index >= 15 is 0 Å². The Hall–Kier alpha value is -8.54. The highest BCUT2D eigenvalue weighted by Crippen LogP contribution is 2.49. The van der Waals surface area contributed by atoms with Crippen LogP contribution in [0.4, 0.5) is 0 Å². The highest BCUT2D eigenvalue weighted by atomic mass is 32.1. The number of esters is 2. The van der Waals surface area contributed by atoms with Crippen LogP contribution in [0.15, 0.2) is 115 Å².